The van der Waals surface area contributed by atoms with E-state index in [0.29, 0.717) is 12.3 Å². The Balaban J connectivity index is 1.76. The third-order valence-electron chi connectivity index (χ3n) is 5.06. The van der Waals surface area contributed by atoms with Crippen molar-refractivity contribution in [3.05, 3.63) is 30.3 Å². The van der Waals surface area contributed by atoms with Crippen LogP contribution < -0.4 is 10.2 Å². The molecule has 1 heterocycles. The molecule has 1 saturated heterocycles. The number of benzene rings is 1. The summed E-state index contributed by atoms with van der Waals surface area (Å²) in [6, 6.07) is 9.58. The van der Waals surface area contributed by atoms with Crippen molar-refractivity contribution < 1.29 is 19.1 Å². The van der Waals surface area contributed by atoms with Crippen molar-refractivity contribution in [2.45, 2.75) is 44.4 Å². The van der Waals surface area contributed by atoms with Crippen LogP contribution in [0.1, 0.15) is 26.7 Å². The van der Waals surface area contributed by atoms with E-state index in [1.807, 2.05) is 37.3 Å². The lowest BCUT2D eigenvalue weighted by atomic mass is 9.72. The molecule has 0 radical (unpaired) electrons. The Kier molecular flexibility index (Phi) is 5.51. The summed E-state index contributed by atoms with van der Waals surface area (Å²) in [5, 5.41) is 7.66. The molecule has 1 aromatic rings. The van der Waals surface area contributed by atoms with Crippen LogP contribution in [0.2, 0.25) is 0 Å². The van der Waals surface area contributed by atoms with E-state index in [9.17, 15) is 4.79 Å². The second-order valence-corrected chi connectivity index (χ2v) is 6.90. The van der Waals surface area contributed by atoms with Crippen LogP contribution in [-0.4, -0.2) is 49.5 Å². The number of nitrogens with zero attached hydrogens (tertiary/aromatic N) is 1. The first-order valence-electron chi connectivity index (χ1n) is 8.72. The molecule has 6 nitrogen and oxygen atoms in total. The normalized spacial score (nSPS) is 31.8. The molecule has 1 N–H and O–H groups in total. The van der Waals surface area contributed by atoms with Gasteiger partial charge in [-0.15, -0.1) is 0 Å². The van der Waals surface area contributed by atoms with Gasteiger partial charge in [0.1, 0.15) is 11.4 Å². The molecule has 3 rings (SSSR count). The van der Waals surface area contributed by atoms with Gasteiger partial charge >= 0.3 is 0 Å². The topological polar surface area (TPSA) is 72.5 Å². The molecule has 136 valence electrons. The molecule has 1 unspecified atom stereocenters. The molecule has 1 aliphatic carbocycles. The SMILES string of the molecule is CO[C@@H]1C(NCC(C)=O)CC[C@]2(CO2)[C@H]1/C(C)=N/Oc1ccccc1. The van der Waals surface area contributed by atoms with Gasteiger partial charge in [-0.2, -0.15) is 0 Å². The molecule has 2 fully saturated rings. The fourth-order valence-corrected chi connectivity index (χ4v) is 3.74. The summed E-state index contributed by atoms with van der Waals surface area (Å²) in [5.41, 5.74) is 0.644. The number of rotatable bonds is 7. The van der Waals surface area contributed by atoms with Crippen molar-refractivity contribution in [2.24, 2.45) is 11.1 Å². The Hall–Kier alpha value is -1.76. The van der Waals surface area contributed by atoms with Gasteiger partial charge in [0, 0.05) is 13.2 Å². The number of epoxide rings is 1. The smallest absolute Gasteiger partial charge is 0.157 e. The lowest BCUT2D eigenvalue weighted by Gasteiger charge is -2.41. The van der Waals surface area contributed by atoms with Gasteiger partial charge in [0.2, 0.25) is 0 Å². The van der Waals surface area contributed by atoms with Crippen LogP contribution in [0, 0.1) is 5.92 Å². The van der Waals surface area contributed by atoms with E-state index in [2.05, 4.69) is 10.5 Å². The number of para-hydroxylation sites is 1. The van der Waals surface area contributed by atoms with E-state index in [1.165, 1.54) is 0 Å². The van der Waals surface area contributed by atoms with Gasteiger partial charge in [-0.3, -0.25) is 4.79 Å². The Labute approximate surface area is 148 Å². The molecule has 0 amide bonds. The zero-order chi connectivity index (χ0) is 17.9. The lowest BCUT2D eigenvalue weighted by molar-refractivity contribution is -0.116. The summed E-state index contributed by atoms with van der Waals surface area (Å²) < 4.78 is 11.6. The molecule has 0 bridgehead atoms. The predicted molar refractivity (Wildman–Crippen MR) is 94.9 cm³/mol. The Bertz CT molecular complexity index is 628. The van der Waals surface area contributed by atoms with Crippen LogP contribution in [0.25, 0.3) is 0 Å². The van der Waals surface area contributed by atoms with E-state index in [0.717, 1.165) is 25.2 Å². The summed E-state index contributed by atoms with van der Waals surface area (Å²) in [6.07, 6.45) is 1.72. The number of oxime groups is 1. The largest absolute Gasteiger partial charge is 0.379 e. The second-order valence-electron chi connectivity index (χ2n) is 6.90. The molecular formula is C19H26N2O4. The number of methoxy groups -OCH3 is 1. The molecule has 1 aliphatic heterocycles. The first kappa shape index (κ1) is 18.0. The number of ether oxygens (including phenoxy) is 2. The van der Waals surface area contributed by atoms with Crippen molar-refractivity contribution in [1.29, 1.82) is 0 Å². The van der Waals surface area contributed by atoms with Crippen molar-refractivity contribution in [3.8, 4) is 5.75 Å². The minimum absolute atomic E-state index is 0.000537. The number of carbonyl (C=O) groups is 1. The summed E-state index contributed by atoms with van der Waals surface area (Å²) in [4.78, 5) is 16.9. The number of ketones is 1. The van der Waals surface area contributed by atoms with Crippen LogP contribution in [0.5, 0.6) is 5.75 Å². The van der Waals surface area contributed by atoms with E-state index in [-0.39, 0.29) is 29.4 Å². The maximum absolute atomic E-state index is 11.3. The number of carbonyl (C=O) groups excluding carboxylic acids is 1. The monoisotopic (exact) mass is 346 g/mol. The maximum atomic E-state index is 11.3. The van der Waals surface area contributed by atoms with Crippen molar-refractivity contribution in [2.75, 3.05) is 20.3 Å². The third kappa shape index (κ3) is 4.08. The first-order chi connectivity index (χ1) is 12.1. The number of hydrogen-bond acceptors (Lipinski definition) is 6. The summed E-state index contributed by atoms with van der Waals surface area (Å²) in [5.74, 6) is 0.815. The molecule has 1 aromatic carbocycles. The fraction of sp³-hybridized carbons (Fsp3) is 0.579. The van der Waals surface area contributed by atoms with E-state index < -0.39 is 0 Å². The molecule has 0 aromatic heterocycles. The number of Topliss-reactive ketones (excluding diaryl/α,β-unsaturated/α-hetero) is 1. The van der Waals surface area contributed by atoms with Gasteiger partial charge in [0.15, 0.2) is 5.75 Å². The summed E-state index contributed by atoms with van der Waals surface area (Å²) >= 11 is 0. The fourth-order valence-electron chi connectivity index (χ4n) is 3.74. The summed E-state index contributed by atoms with van der Waals surface area (Å²) in [7, 11) is 1.70. The second kappa shape index (κ2) is 7.64. The minimum atomic E-state index is -0.206. The molecule has 6 heteroatoms. The van der Waals surface area contributed by atoms with Crippen LogP contribution >= 0.6 is 0 Å². The highest BCUT2D eigenvalue weighted by Gasteiger charge is 2.59. The van der Waals surface area contributed by atoms with Crippen molar-refractivity contribution in [3.63, 3.8) is 0 Å². The Morgan fingerprint density at radius 2 is 2.08 bits per heavy atom. The van der Waals surface area contributed by atoms with Crippen molar-refractivity contribution >= 4 is 11.5 Å². The molecule has 1 spiro atoms. The van der Waals surface area contributed by atoms with Crippen LogP contribution in [0.15, 0.2) is 35.5 Å². The quantitative estimate of drug-likeness (QED) is 0.465. The number of nitrogens with one attached hydrogen (secondary N) is 1. The molecule has 2 aliphatic rings. The third-order valence-corrected chi connectivity index (χ3v) is 5.06. The average Bonchev–Trinajstić information content (AvgIpc) is 3.39. The predicted octanol–water partition coefficient (Wildman–Crippen LogP) is 2.18. The van der Waals surface area contributed by atoms with E-state index in [1.54, 1.807) is 14.0 Å². The van der Waals surface area contributed by atoms with Crippen LogP contribution in [0.4, 0.5) is 0 Å². The van der Waals surface area contributed by atoms with Gasteiger partial charge < -0.3 is 19.6 Å². The average molecular weight is 346 g/mol. The highest BCUT2D eigenvalue weighted by molar-refractivity contribution is 5.86. The van der Waals surface area contributed by atoms with Gasteiger partial charge in [-0.05, 0) is 38.8 Å². The van der Waals surface area contributed by atoms with Gasteiger partial charge in [0.25, 0.3) is 0 Å². The Morgan fingerprint density at radius 1 is 1.36 bits per heavy atom. The van der Waals surface area contributed by atoms with Gasteiger partial charge in [-0.1, -0.05) is 23.4 Å². The maximum Gasteiger partial charge on any atom is 0.157 e. The van der Waals surface area contributed by atoms with E-state index in [4.69, 9.17) is 14.3 Å². The molecule has 1 saturated carbocycles. The molecular weight excluding hydrogens is 320 g/mol. The zero-order valence-corrected chi connectivity index (χ0v) is 15.0. The summed E-state index contributed by atoms with van der Waals surface area (Å²) in [6.45, 7) is 4.61. The van der Waals surface area contributed by atoms with Crippen LogP contribution in [0.3, 0.4) is 0 Å². The van der Waals surface area contributed by atoms with Crippen molar-refractivity contribution in [1.82, 2.24) is 5.32 Å². The molecule has 4 atom stereocenters. The highest BCUT2D eigenvalue weighted by atomic mass is 16.6. The van der Waals surface area contributed by atoms with Gasteiger partial charge in [0.05, 0.1) is 30.9 Å². The standard InChI is InChI=1S/C19H26N2O4/c1-13(22)11-20-16-9-10-19(12-24-19)17(18(16)23-3)14(2)21-25-15-7-5-4-6-8-15/h4-8,16-18,20H,9-12H2,1-3H3/b21-14+/t16?,17-,18+,19-/m0/s1. The first-order valence-corrected chi connectivity index (χ1v) is 8.72. The zero-order valence-electron chi connectivity index (χ0n) is 15.0. The number of hydrogen-bond donors (Lipinski definition) is 1. The lowest BCUT2D eigenvalue weighted by Crippen LogP contribution is -2.56. The van der Waals surface area contributed by atoms with Crippen LogP contribution in [-0.2, 0) is 14.3 Å². The Morgan fingerprint density at radius 3 is 2.68 bits per heavy atom. The van der Waals surface area contributed by atoms with E-state index >= 15 is 0 Å². The van der Waals surface area contributed by atoms with Gasteiger partial charge in [-0.25, -0.2) is 0 Å². The highest BCUT2D eigenvalue weighted by Crippen LogP contribution is 2.47. The molecule has 25 heavy (non-hydrogen) atoms. The minimum Gasteiger partial charge on any atom is -0.379 e.